The van der Waals surface area contributed by atoms with E-state index in [4.69, 9.17) is 0 Å². The molecule has 12 heteroatoms. The van der Waals surface area contributed by atoms with Crippen molar-refractivity contribution in [1.82, 2.24) is 4.31 Å². The van der Waals surface area contributed by atoms with E-state index in [2.05, 4.69) is 5.32 Å². The van der Waals surface area contributed by atoms with E-state index in [-0.39, 0.29) is 39.6 Å². The maximum Gasteiger partial charge on any atom is 0.243 e. The number of rotatable bonds is 6. The van der Waals surface area contributed by atoms with Crippen molar-refractivity contribution in [1.29, 1.82) is 0 Å². The van der Waals surface area contributed by atoms with Gasteiger partial charge in [-0.3, -0.25) is 4.79 Å². The van der Waals surface area contributed by atoms with Crippen LogP contribution < -0.4 is 5.32 Å². The van der Waals surface area contributed by atoms with Crippen LogP contribution >= 0.6 is 0 Å². The number of sulfone groups is 2. The molecule has 1 saturated heterocycles. The zero-order chi connectivity index (χ0) is 23.7. The van der Waals surface area contributed by atoms with Gasteiger partial charge in [-0.1, -0.05) is 0 Å². The fourth-order valence-corrected chi connectivity index (χ4v) is 6.13. The number of piperidine rings is 1. The molecule has 0 atom stereocenters. The van der Waals surface area contributed by atoms with Crippen molar-refractivity contribution in [3.63, 3.8) is 0 Å². The third-order valence-electron chi connectivity index (χ3n) is 5.26. The summed E-state index contributed by atoms with van der Waals surface area (Å²) in [6, 6.07) is 10.9. The molecule has 0 spiro atoms. The summed E-state index contributed by atoms with van der Waals surface area (Å²) in [4.78, 5) is 12.7. The van der Waals surface area contributed by atoms with Gasteiger partial charge in [-0.2, -0.15) is 4.31 Å². The summed E-state index contributed by atoms with van der Waals surface area (Å²) in [7, 11) is -10.6. The normalized spacial score (nSPS) is 16.6. The Balaban J connectivity index is 1.62. The molecule has 9 nitrogen and oxygen atoms in total. The lowest BCUT2D eigenvalue weighted by Gasteiger charge is -2.30. The first-order valence-electron chi connectivity index (χ1n) is 9.70. The lowest BCUT2D eigenvalue weighted by molar-refractivity contribution is -0.120. The van der Waals surface area contributed by atoms with Crippen LogP contribution in [0.25, 0.3) is 0 Å². The molecule has 0 aromatic heterocycles. The van der Waals surface area contributed by atoms with Crippen molar-refractivity contribution in [2.45, 2.75) is 27.5 Å². The fourth-order valence-electron chi connectivity index (χ4n) is 3.40. The second-order valence-electron chi connectivity index (χ2n) is 7.71. The maximum atomic E-state index is 12.9. The van der Waals surface area contributed by atoms with Crippen LogP contribution in [0.4, 0.5) is 5.69 Å². The molecule has 2 aromatic carbocycles. The summed E-state index contributed by atoms with van der Waals surface area (Å²) < 4.78 is 73.2. The monoisotopic (exact) mass is 500 g/mol. The highest BCUT2D eigenvalue weighted by Crippen LogP contribution is 2.26. The van der Waals surface area contributed by atoms with Gasteiger partial charge < -0.3 is 5.32 Å². The molecule has 1 fully saturated rings. The van der Waals surface area contributed by atoms with E-state index in [1.54, 1.807) is 0 Å². The number of hydrogen-bond acceptors (Lipinski definition) is 7. The fraction of sp³-hybridized carbons (Fsp3) is 0.350. The second kappa shape index (κ2) is 8.93. The third-order valence-corrected chi connectivity index (χ3v) is 9.43. The van der Waals surface area contributed by atoms with Crippen molar-refractivity contribution in [2.24, 2.45) is 5.92 Å². The molecule has 1 aliphatic heterocycles. The first-order valence-corrected chi connectivity index (χ1v) is 14.9. The number of nitrogens with zero attached hydrogens (tertiary/aromatic N) is 1. The van der Waals surface area contributed by atoms with Crippen LogP contribution in [0.2, 0.25) is 0 Å². The highest BCUT2D eigenvalue weighted by Gasteiger charge is 2.32. The van der Waals surface area contributed by atoms with E-state index in [1.165, 1.54) is 52.8 Å². The maximum absolute atomic E-state index is 12.9. The van der Waals surface area contributed by atoms with Gasteiger partial charge in [0.1, 0.15) is 0 Å². The van der Waals surface area contributed by atoms with E-state index in [9.17, 15) is 30.0 Å². The third kappa shape index (κ3) is 5.55. The average Bonchev–Trinajstić information content (AvgIpc) is 2.73. The molecule has 2 aromatic rings. The Labute approximate surface area is 188 Å². The topological polar surface area (TPSA) is 135 Å². The number of anilines is 1. The zero-order valence-corrected chi connectivity index (χ0v) is 20.0. The molecule has 1 aliphatic rings. The first kappa shape index (κ1) is 24.4. The molecular weight excluding hydrogens is 476 g/mol. The lowest BCUT2D eigenvalue weighted by atomic mass is 9.97. The van der Waals surface area contributed by atoms with E-state index in [1.807, 2.05) is 0 Å². The van der Waals surface area contributed by atoms with Crippen LogP contribution in [-0.4, -0.2) is 61.1 Å². The number of amides is 1. The van der Waals surface area contributed by atoms with Gasteiger partial charge in [-0.25, -0.2) is 25.3 Å². The molecule has 0 aliphatic carbocycles. The molecule has 0 unspecified atom stereocenters. The number of benzene rings is 2. The van der Waals surface area contributed by atoms with Gasteiger partial charge >= 0.3 is 0 Å². The number of carbonyl (C=O) groups is 1. The van der Waals surface area contributed by atoms with Crippen molar-refractivity contribution < 1.29 is 30.0 Å². The van der Waals surface area contributed by atoms with Gasteiger partial charge in [0, 0.05) is 37.2 Å². The Morgan fingerprint density at radius 2 is 1.16 bits per heavy atom. The minimum Gasteiger partial charge on any atom is -0.326 e. The highest BCUT2D eigenvalue weighted by molar-refractivity contribution is 7.91. The van der Waals surface area contributed by atoms with Crippen LogP contribution in [0.15, 0.2) is 63.2 Å². The van der Waals surface area contributed by atoms with Crippen molar-refractivity contribution >= 4 is 41.3 Å². The minimum absolute atomic E-state index is 0.00114. The van der Waals surface area contributed by atoms with E-state index < -0.39 is 29.7 Å². The van der Waals surface area contributed by atoms with Gasteiger partial charge in [-0.15, -0.1) is 0 Å². The molecule has 1 heterocycles. The van der Waals surface area contributed by atoms with Gasteiger partial charge in [0.15, 0.2) is 19.7 Å². The van der Waals surface area contributed by atoms with Gasteiger partial charge in [-0.05, 0) is 61.4 Å². The highest BCUT2D eigenvalue weighted by atomic mass is 32.2. The van der Waals surface area contributed by atoms with Gasteiger partial charge in [0.25, 0.3) is 0 Å². The SMILES string of the molecule is CS(=O)(=O)c1ccc(NC(=O)C2CCN(S(=O)(=O)c3ccc(S(C)(=O)=O)cc3)CC2)cc1. The van der Waals surface area contributed by atoms with Crippen LogP contribution in [0.3, 0.4) is 0 Å². The van der Waals surface area contributed by atoms with E-state index >= 15 is 0 Å². The summed E-state index contributed by atoms with van der Waals surface area (Å²) in [5.74, 6) is -0.643. The van der Waals surface area contributed by atoms with Crippen LogP contribution in [0, 0.1) is 5.92 Å². The standard InChI is InChI=1S/C20H24N2O7S3/c1-30(24,25)17-5-3-16(4-6-17)21-20(23)15-11-13-22(14-12-15)32(28,29)19-9-7-18(8-10-19)31(2,26)27/h3-10,15H,11-14H2,1-2H3,(H,21,23). The summed E-state index contributed by atoms with van der Waals surface area (Å²) in [5, 5.41) is 2.74. The number of sulfonamides is 1. The van der Waals surface area contributed by atoms with Gasteiger partial charge in [0.05, 0.1) is 14.7 Å². The average molecular weight is 501 g/mol. The summed E-state index contributed by atoms with van der Waals surface area (Å²) >= 11 is 0. The van der Waals surface area contributed by atoms with E-state index in [0.29, 0.717) is 18.5 Å². The first-order chi connectivity index (χ1) is 14.8. The lowest BCUT2D eigenvalue weighted by Crippen LogP contribution is -2.41. The van der Waals surface area contributed by atoms with Crippen molar-refractivity contribution in [3.8, 4) is 0 Å². The number of nitrogens with one attached hydrogen (secondary N) is 1. The quantitative estimate of drug-likeness (QED) is 0.635. The number of carbonyl (C=O) groups excluding carboxylic acids is 1. The van der Waals surface area contributed by atoms with Crippen LogP contribution in [0.1, 0.15) is 12.8 Å². The predicted molar refractivity (Wildman–Crippen MR) is 119 cm³/mol. The molecular formula is C20H24N2O7S3. The molecule has 0 bridgehead atoms. The van der Waals surface area contributed by atoms with Gasteiger partial charge in [0.2, 0.25) is 15.9 Å². The summed E-state index contributed by atoms with van der Waals surface area (Å²) in [6.45, 7) is 0.308. The number of hydrogen-bond donors (Lipinski definition) is 1. The molecule has 3 rings (SSSR count). The zero-order valence-electron chi connectivity index (χ0n) is 17.6. The molecule has 0 saturated carbocycles. The molecule has 174 valence electrons. The largest absolute Gasteiger partial charge is 0.326 e. The van der Waals surface area contributed by atoms with Crippen molar-refractivity contribution in [2.75, 3.05) is 30.9 Å². The Bertz CT molecular complexity index is 1310. The second-order valence-corrected chi connectivity index (χ2v) is 13.7. The molecule has 0 radical (unpaired) electrons. The Morgan fingerprint density at radius 3 is 1.59 bits per heavy atom. The van der Waals surface area contributed by atoms with Crippen LogP contribution in [-0.2, 0) is 34.5 Å². The minimum atomic E-state index is -3.80. The molecule has 1 N–H and O–H groups in total. The Kier molecular flexibility index (Phi) is 6.80. The summed E-state index contributed by atoms with van der Waals surface area (Å²) in [6.07, 6.45) is 2.80. The Morgan fingerprint density at radius 1 is 0.750 bits per heavy atom. The Hall–Kier alpha value is -2.28. The van der Waals surface area contributed by atoms with E-state index in [0.717, 1.165) is 12.5 Å². The van der Waals surface area contributed by atoms with Crippen LogP contribution in [0.5, 0.6) is 0 Å². The van der Waals surface area contributed by atoms with Crippen molar-refractivity contribution in [3.05, 3.63) is 48.5 Å². The smallest absolute Gasteiger partial charge is 0.243 e. The molecule has 1 amide bonds. The molecule has 32 heavy (non-hydrogen) atoms. The predicted octanol–water partition coefficient (Wildman–Crippen LogP) is 1.53. The summed E-state index contributed by atoms with van der Waals surface area (Å²) in [5.41, 5.74) is 0.461.